The Morgan fingerprint density at radius 1 is 1.39 bits per heavy atom. The Balaban J connectivity index is 2.02. The molecule has 2 N–H and O–H groups in total. The summed E-state index contributed by atoms with van der Waals surface area (Å²) in [6.07, 6.45) is 4.74. The molecule has 2 heterocycles. The van der Waals surface area contributed by atoms with Crippen LogP contribution in [0.25, 0.3) is 0 Å². The van der Waals surface area contributed by atoms with Crippen molar-refractivity contribution in [2.24, 2.45) is 0 Å². The molecule has 8 heteroatoms. The number of rotatable bonds is 4. The molecule has 0 aromatic carbocycles. The summed E-state index contributed by atoms with van der Waals surface area (Å²) in [5.41, 5.74) is 1.20. The van der Waals surface area contributed by atoms with Crippen molar-refractivity contribution in [3.05, 3.63) is 29.8 Å². The molecule has 0 aliphatic carbocycles. The van der Waals surface area contributed by atoms with Crippen molar-refractivity contribution < 1.29 is 4.79 Å². The van der Waals surface area contributed by atoms with E-state index in [4.69, 9.17) is 0 Å². The van der Waals surface area contributed by atoms with Gasteiger partial charge in [-0.1, -0.05) is 5.21 Å². The molecule has 0 aliphatic rings. The van der Waals surface area contributed by atoms with Crippen LogP contribution in [0.15, 0.2) is 18.6 Å². The van der Waals surface area contributed by atoms with Gasteiger partial charge in [0.15, 0.2) is 0 Å². The molecule has 0 saturated carbocycles. The summed E-state index contributed by atoms with van der Waals surface area (Å²) in [4.78, 5) is 21.6. The molecule has 1 amide bonds. The van der Waals surface area contributed by atoms with Gasteiger partial charge < -0.3 is 10.2 Å². The molecule has 0 fully saturated rings. The second kappa shape index (κ2) is 5.21. The number of amides is 1. The number of nitrogens with zero attached hydrogens (tertiary/aromatic N) is 5. The van der Waals surface area contributed by atoms with Crippen LogP contribution >= 0.6 is 0 Å². The summed E-state index contributed by atoms with van der Waals surface area (Å²) < 4.78 is 0. The van der Waals surface area contributed by atoms with E-state index in [9.17, 15) is 4.79 Å². The van der Waals surface area contributed by atoms with Gasteiger partial charge in [0.05, 0.1) is 6.20 Å². The van der Waals surface area contributed by atoms with E-state index in [1.807, 2.05) is 0 Å². The maximum Gasteiger partial charge on any atom is 0.273 e. The van der Waals surface area contributed by atoms with Crippen molar-refractivity contribution in [2.75, 3.05) is 19.4 Å². The van der Waals surface area contributed by atoms with Gasteiger partial charge in [-0.25, -0.2) is 9.97 Å². The standard InChI is InChI=1S/C10H13N7O/c1-11-10-12-3-7(4-13-10)6-17(2)9(18)8-5-14-16-15-8/h3-5H,6H2,1-2H3,(H,11,12,13)(H,14,15,16). The number of nitrogens with one attached hydrogen (secondary N) is 2. The molecule has 0 unspecified atom stereocenters. The van der Waals surface area contributed by atoms with E-state index in [1.54, 1.807) is 26.5 Å². The Bertz CT molecular complexity index is 508. The number of carbonyl (C=O) groups excluding carboxylic acids is 1. The van der Waals surface area contributed by atoms with Crippen LogP contribution in [0.3, 0.4) is 0 Å². The first kappa shape index (κ1) is 12.0. The molecule has 0 atom stereocenters. The van der Waals surface area contributed by atoms with Gasteiger partial charge in [-0.05, 0) is 0 Å². The first-order valence-corrected chi connectivity index (χ1v) is 5.31. The maximum atomic E-state index is 11.9. The number of anilines is 1. The minimum absolute atomic E-state index is 0.183. The molecule has 0 aliphatic heterocycles. The van der Waals surface area contributed by atoms with Crippen molar-refractivity contribution in [1.29, 1.82) is 0 Å². The average Bonchev–Trinajstić information content (AvgIpc) is 2.92. The minimum atomic E-state index is -0.183. The summed E-state index contributed by atoms with van der Waals surface area (Å²) in [6.45, 7) is 0.418. The Morgan fingerprint density at radius 2 is 2.11 bits per heavy atom. The van der Waals surface area contributed by atoms with Crippen LogP contribution in [0.2, 0.25) is 0 Å². The molecule has 18 heavy (non-hydrogen) atoms. The smallest absolute Gasteiger partial charge is 0.273 e. The topological polar surface area (TPSA) is 99.7 Å². The van der Waals surface area contributed by atoms with Crippen molar-refractivity contribution in [1.82, 2.24) is 30.3 Å². The third-order valence-corrected chi connectivity index (χ3v) is 2.34. The van der Waals surface area contributed by atoms with Crippen LogP contribution in [0.4, 0.5) is 5.95 Å². The highest BCUT2D eigenvalue weighted by Gasteiger charge is 2.13. The number of hydrogen-bond donors (Lipinski definition) is 2. The molecule has 2 rings (SSSR count). The molecule has 0 saturated heterocycles. The molecule has 0 spiro atoms. The lowest BCUT2D eigenvalue weighted by Crippen LogP contribution is -2.26. The third-order valence-electron chi connectivity index (χ3n) is 2.34. The lowest BCUT2D eigenvalue weighted by atomic mass is 10.3. The molecular weight excluding hydrogens is 234 g/mol. The molecule has 2 aromatic heterocycles. The molecule has 94 valence electrons. The summed E-state index contributed by atoms with van der Waals surface area (Å²) >= 11 is 0. The van der Waals surface area contributed by atoms with Crippen LogP contribution in [0, 0.1) is 0 Å². The number of aromatic amines is 1. The lowest BCUT2D eigenvalue weighted by molar-refractivity contribution is 0.0779. The SMILES string of the molecule is CNc1ncc(CN(C)C(=O)c2cnn[nH]2)cn1. The lowest BCUT2D eigenvalue weighted by Gasteiger charge is -2.15. The largest absolute Gasteiger partial charge is 0.357 e. The fourth-order valence-corrected chi connectivity index (χ4v) is 1.42. The van der Waals surface area contributed by atoms with Crippen molar-refractivity contribution in [2.45, 2.75) is 6.54 Å². The van der Waals surface area contributed by atoms with E-state index in [0.717, 1.165) is 5.56 Å². The van der Waals surface area contributed by atoms with Gasteiger partial charge in [0.2, 0.25) is 5.95 Å². The molecule has 0 bridgehead atoms. The highest BCUT2D eigenvalue weighted by Crippen LogP contribution is 2.05. The zero-order chi connectivity index (χ0) is 13.0. The van der Waals surface area contributed by atoms with Crippen LogP contribution < -0.4 is 5.32 Å². The number of H-pyrrole nitrogens is 1. The van der Waals surface area contributed by atoms with Gasteiger partial charge in [-0.2, -0.15) is 0 Å². The monoisotopic (exact) mass is 247 g/mol. The predicted octanol–water partition coefficient (Wildman–Crippen LogP) is -0.0914. The van der Waals surface area contributed by atoms with Gasteiger partial charge in [-0.15, -0.1) is 5.10 Å². The quantitative estimate of drug-likeness (QED) is 0.783. The van der Waals surface area contributed by atoms with E-state index < -0.39 is 0 Å². The third kappa shape index (κ3) is 2.59. The summed E-state index contributed by atoms with van der Waals surface area (Å²) in [5.74, 6) is 0.364. The normalized spacial score (nSPS) is 10.1. The van der Waals surface area contributed by atoms with Crippen LogP contribution in [0.5, 0.6) is 0 Å². The Hall–Kier alpha value is -2.51. The Morgan fingerprint density at radius 3 is 2.67 bits per heavy atom. The van der Waals surface area contributed by atoms with Gasteiger partial charge >= 0.3 is 0 Å². The van der Waals surface area contributed by atoms with E-state index >= 15 is 0 Å². The van der Waals surface area contributed by atoms with E-state index in [0.29, 0.717) is 18.2 Å². The second-order valence-electron chi connectivity index (χ2n) is 3.70. The van der Waals surface area contributed by atoms with Crippen molar-refractivity contribution in [3.8, 4) is 0 Å². The van der Waals surface area contributed by atoms with Crippen molar-refractivity contribution >= 4 is 11.9 Å². The van der Waals surface area contributed by atoms with Gasteiger partial charge in [0, 0.05) is 38.6 Å². The van der Waals surface area contributed by atoms with Gasteiger partial charge in [0.25, 0.3) is 5.91 Å². The fraction of sp³-hybridized carbons (Fsp3) is 0.300. The highest BCUT2D eigenvalue weighted by molar-refractivity contribution is 5.91. The van der Waals surface area contributed by atoms with E-state index in [-0.39, 0.29) is 5.91 Å². The number of hydrogen-bond acceptors (Lipinski definition) is 6. The Kier molecular flexibility index (Phi) is 3.46. The molecule has 8 nitrogen and oxygen atoms in total. The number of aromatic nitrogens is 5. The Labute approximate surface area is 103 Å². The summed E-state index contributed by atoms with van der Waals surface area (Å²) in [7, 11) is 3.44. The average molecular weight is 247 g/mol. The molecular formula is C10H13N7O. The zero-order valence-corrected chi connectivity index (χ0v) is 10.1. The van der Waals surface area contributed by atoms with Crippen LogP contribution in [0.1, 0.15) is 16.1 Å². The van der Waals surface area contributed by atoms with E-state index in [1.165, 1.54) is 11.1 Å². The van der Waals surface area contributed by atoms with Crippen LogP contribution in [-0.4, -0.2) is 50.3 Å². The van der Waals surface area contributed by atoms with Crippen molar-refractivity contribution in [3.63, 3.8) is 0 Å². The minimum Gasteiger partial charge on any atom is -0.357 e. The first-order chi connectivity index (χ1) is 8.70. The second-order valence-corrected chi connectivity index (χ2v) is 3.70. The van der Waals surface area contributed by atoms with Gasteiger partial charge in [0.1, 0.15) is 5.69 Å². The summed E-state index contributed by atoms with van der Waals surface area (Å²) in [5, 5.41) is 12.4. The predicted molar refractivity (Wildman–Crippen MR) is 63.8 cm³/mol. The first-order valence-electron chi connectivity index (χ1n) is 5.31. The van der Waals surface area contributed by atoms with Gasteiger partial charge in [-0.3, -0.25) is 9.89 Å². The number of carbonyl (C=O) groups is 1. The molecule has 0 radical (unpaired) electrons. The maximum absolute atomic E-state index is 11.9. The van der Waals surface area contributed by atoms with Crippen LogP contribution in [-0.2, 0) is 6.54 Å². The molecule has 2 aromatic rings. The summed E-state index contributed by atoms with van der Waals surface area (Å²) in [6, 6.07) is 0. The zero-order valence-electron chi connectivity index (χ0n) is 10.1. The highest BCUT2D eigenvalue weighted by atomic mass is 16.2. The van der Waals surface area contributed by atoms with E-state index in [2.05, 4.69) is 30.7 Å². The fourth-order valence-electron chi connectivity index (χ4n) is 1.42.